The average Bonchev–Trinajstić information content (AvgIpc) is 2.37. The number of rotatable bonds is 6. The average molecular weight is 264 g/mol. The maximum Gasteiger partial charge on any atom is 0.147 e. The predicted molar refractivity (Wildman–Crippen MR) is 81.4 cm³/mol. The molecule has 1 unspecified atom stereocenters. The molecular weight excluding hydrogens is 236 g/mol. The second-order valence-electron chi connectivity index (χ2n) is 6.01. The molecule has 4 heteroatoms. The summed E-state index contributed by atoms with van der Waals surface area (Å²) in [7, 11) is 0. The molecule has 1 aromatic heterocycles. The van der Waals surface area contributed by atoms with Gasteiger partial charge in [-0.05, 0) is 41.0 Å². The molecule has 0 saturated carbocycles. The summed E-state index contributed by atoms with van der Waals surface area (Å²) in [6.07, 6.45) is 4.87. The van der Waals surface area contributed by atoms with Crippen molar-refractivity contribution in [2.75, 3.05) is 11.4 Å². The summed E-state index contributed by atoms with van der Waals surface area (Å²) in [4.78, 5) is 11.3. The lowest BCUT2D eigenvalue weighted by molar-refractivity contribution is 0.421. The summed E-state index contributed by atoms with van der Waals surface area (Å²) in [5.74, 6) is 0.969. The van der Waals surface area contributed by atoms with Gasteiger partial charge in [0.2, 0.25) is 0 Å². The van der Waals surface area contributed by atoms with Crippen LogP contribution in [0.15, 0.2) is 12.4 Å². The maximum atomic E-state index is 4.54. The predicted octanol–water partition coefficient (Wildman–Crippen LogP) is 2.99. The van der Waals surface area contributed by atoms with E-state index in [1.54, 1.807) is 0 Å². The quantitative estimate of drug-likeness (QED) is 0.857. The lowest BCUT2D eigenvalue weighted by Gasteiger charge is -2.28. The zero-order valence-corrected chi connectivity index (χ0v) is 13.2. The Labute approximate surface area is 117 Å². The molecule has 1 aromatic rings. The maximum absolute atomic E-state index is 4.54. The van der Waals surface area contributed by atoms with Gasteiger partial charge in [-0.3, -0.25) is 4.98 Å². The van der Waals surface area contributed by atoms with Gasteiger partial charge in [0, 0.05) is 24.7 Å². The van der Waals surface area contributed by atoms with Gasteiger partial charge in [-0.25, -0.2) is 4.98 Å². The molecule has 0 amide bonds. The molecular formula is C15H28N4. The highest BCUT2D eigenvalue weighted by atomic mass is 15.2. The standard InChI is InChI=1S/C15H28N4/c1-7-12(3)19(8-2)14-11-16-13(9-17-14)10-18-15(4,5)6/h9,11-12,18H,7-8,10H2,1-6H3. The summed E-state index contributed by atoms with van der Waals surface area (Å²) >= 11 is 0. The van der Waals surface area contributed by atoms with Gasteiger partial charge in [-0.1, -0.05) is 6.92 Å². The van der Waals surface area contributed by atoms with E-state index >= 15 is 0 Å². The molecule has 0 aliphatic heterocycles. The van der Waals surface area contributed by atoms with E-state index in [9.17, 15) is 0 Å². The molecule has 0 bridgehead atoms. The molecule has 0 aliphatic carbocycles. The Balaban J connectivity index is 2.70. The molecule has 4 nitrogen and oxygen atoms in total. The van der Waals surface area contributed by atoms with Crippen molar-refractivity contribution in [1.29, 1.82) is 0 Å². The van der Waals surface area contributed by atoms with E-state index in [0.29, 0.717) is 6.04 Å². The molecule has 108 valence electrons. The van der Waals surface area contributed by atoms with E-state index in [-0.39, 0.29) is 5.54 Å². The van der Waals surface area contributed by atoms with E-state index in [4.69, 9.17) is 0 Å². The number of nitrogens with zero attached hydrogens (tertiary/aromatic N) is 3. The van der Waals surface area contributed by atoms with E-state index in [1.165, 1.54) is 0 Å². The van der Waals surface area contributed by atoms with E-state index in [2.05, 4.69) is 61.7 Å². The minimum atomic E-state index is 0.104. The van der Waals surface area contributed by atoms with Gasteiger partial charge in [-0.2, -0.15) is 0 Å². The SMILES string of the molecule is CCC(C)N(CC)c1cnc(CNC(C)(C)C)cn1. The largest absolute Gasteiger partial charge is 0.353 e. The minimum Gasteiger partial charge on any atom is -0.353 e. The second-order valence-corrected chi connectivity index (χ2v) is 6.01. The van der Waals surface area contributed by atoms with Gasteiger partial charge in [0.1, 0.15) is 5.82 Å². The number of hydrogen-bond donors (Lipinski definition) is 1. The van der Waals surface area contributed by atoms with Crippen LogP contribution < -0.4 is 10.2 Å². The smallest absolute Gasteiger partial charge is 0.147 e. The molecule has 1 atom stereocenters. The first kappa shape index (κ1) is 15.9. The minimum absolute atomic E-state index is 0.104. The van der Waals surface area contributed by atoms with Gasteiger partial charge in [0.25, 0.3) is 0 Å². The van der Waals surface area contributed by atoms with Crippen molar-refractivity contribution < 1.29 is 0 Å². The zero-order chi connectivity index (χ0) is 14.5. The lowest BCUT2D eigenvalue weighted by Crippen LogP contribution is -2.35. The summed E-state index contributed by atoms with van der Waals surface area (Å²) in [5, 5.41) is 3.42. The fraction of sp³-hybridized carbons (Fsp3) is 0.733. The van der Waals surface area contributed by atoms with Gasteiger partial charge < -0.3 is 10.2 Å². The van der Waals surface area contributed by atoms with E-state index < -0.39 is 0 Å². The Kier molecular flexibility index (Phi) is 5.73. The first-order valence-electron chi connectivity index (χ1n) is 7.20. The number of nitrogens with one attached hydrogen (secondary N) is 1. The van der Waals surface area contributed by atoms with Crippen LogP contribution in [0.4, 0.5) is 5.82 Å². The monoisotopic (exact) mass is 264 g/mol. The van der Waals surface area contributed by atoms with Crippen molar-refractivity contribution in [3.8, 4) is 0 Å². The van der Waals surface area contributed by atoms with Crippen molar-refractivity contribution in [3.05, 3.63) is 18.1 Å². The van der Waals surface area contributed by atoms with Gasteiger partial charge in [0.15, 0.2) is 0 Å². The zero-order valence-electron chi connectivity index (χ0n) is 13.2. The summed E-state index contributed by atoms with van der Waals surface area (Å²) in [6.45, 7) is 14.7. The second kappa shape index (κ2) is 6.85. The van der Waals surface area contributed by atoms with Crippen LogP contribution in [0.5, 0.6) is 0 Å². The third kappa shape index (κ3) is 5.15. The summed E-state index contributed by atoms with van der Waals surface area (Å²) in [6, 6.07) is 0.498. The van der Waals surface area contributed by atoms with Crippen LogP contribution in [0.3, 0.4) is 0 Å². The molecule has 0 radical (unpaired) electrons. The molecule has 0 aliphatic rings. The summed E-state index contributed by atoms with van der Waals surface area (Å²) < 4.78 is 0. The van der Waals surface area contributed by atoms with Gasteiger partial charge in [-0.15, -0.1) is 0 Å². The highest BCUT2D eigenvalue weighted by Gasteiger charge is 2.13. The fourth-order valence-electron chi connectivity index (χ4n) is 1.86. The molecule has 0 aromatic carbocycles. The Bertz CT molecular complexity index is 367. The Hall–Kier alpha value is -1.16. The van der Waals surface area contributed by atoms with Crippen LogP contribution in [-0.4, -0.2) is 28.1 Å². The number of hydrogen-bond acceptors (Lipinski definition) is 4. The van der Waals surface area contributed by atoms with E-state index in [1.807, 2.05) is 12.4 Å². The van der Waals surface area contributed by atoms with Crippen LogP contribution in [0.25, 0.3) is 0 Å². The lowest BCUT2D eigenvalue weighted by atomic mass is 10.1. The van der Waals surface area contributed by atoms with Crippen molar-refractivity contribution in [2.45, 2.75) is 66.1 Å². The van der Waals surface area contributed by atoms with Crippen LogP contribution >= 0.6 is 0 Å². The number of anilines is 1. The van der Waals surface area contributed by atoms with Gasteiger partial charge in [0.05, 0.1) is 18.1 Å². The Morgan fingerprint density at radius 1 is 1.21 bits per heavy atom. The first-order chi connectivity index (χ1) is 8.87. The normalized spacial score (nSPS) is 13.4. The molecule has 1 heterocycles. The Morgan fingerprint density at radius 3 is 2.32 bits per heavy atom. The highest BCUT2D eigenvalue weighted by molar-refractivity contribution is 5.36. The molecule has 0 fully saturated rings. The van der Waals surface area contributed by atoms with Gasteiger partial charge >= 0.3 is 0 Å². The third-order valence-corrected chi connectivity index (χ3v) is 3.25. The van der Waals surface area contributed by atoms with Crippen molar-refractivity contribution in [2.24, 2.45) is 0 Å². The molecule has 19 heavy (non-hydrogen) atoms. The third-order valence-electron chi connectivity index (χ3n) is 3.25. The molecule has 1 N–H and O–H groups in total. The number of aromatic nitrogens is 2. The van der Waals surface area contributed by atoms with Crippen LogP contribution in [0, 0.1) is 0 Å². The highest BCUT2D eigenvalue weighted by Crippen LogP contribution is 2.14. The van der Waals surface area contributed by atoms with Crippen LogP contribution in [-0.2, 0) is 6.54 Å². The molecule has 1 rings (SSSR count). The first-order valence-corrected chi connectivity index (χ1v) is 7.20. The molecule has 0 saturated heterocycles. The van der Waals surface area contributed by atoms with Crippen LogP contribution in [0.1, 0.15) is 53.7 Å². The fourth-order valence-corrected chi connectivity index (χ4v) is 1.86. The van der Waals surface area contributed by atoms with Crippen molar-refractivity contribution in [3.63, 3.8) is 0 Å². The van der Waals surface area contributed by atoms with Crippen molar-refractivity contribution in [1.82, 2.24) is 15.3 Å². The summed E-state index contributed by atoms with van der Waals surface area (Å²) in [5.41, 5.74) is 1.09. The van der Waals surface area contributed by atoms with Crippen molar-refractivity contribution >= 4 is 5.82 Å². The van der Waals surface area contributed by atoms with E-state index in [0.717, 1.165) is 31.0 Å². The topological polar surface area (TPSA) is 41.1 Å². The Morgan fingerprint density at radius 2 is 1.89 bits per heavy atom. The van der Waals surface area contributed by atoms with Crippen LogP contribution in [0.2, 0.25) is 0 Å². The molecule has 0 spiro atoms.